The summed E-state index contributed by atoms with van der Waals surface area (Å²) < 4.78 is 0. The van der Waals surface area contributed by atoms with E-state index in [1.54, 1.807) is 45.0 Å². The number of aliphatic carboxylic acids is 1. The molecule has 0 fully saturated rings. The lowest BCUT2D eigenvalue weighted by molar-refractivity contribution is -0.143. The molecule has 0 spiro atoms. The number of hydrogen-bond donors (Lipinski definition) is 2. The Balaban J connectivity index is 2.89. The number of amides is 1. The molecule has 2 N–H and O–H groups in total. The van der Waals surface area contributed by atoms with E-state index < -0.39 is 11.4 Å². The molecule has 1 unspecified atom stereocenters. The molecular weight excluding hydrogens is 230 g/mol. The number of nitrogens with one attached hydrogen (secondary N) is 1. The average molecular weight is 249 g/mol. The van der Waals surface area contributed by atoms with Crippen LogP contribution >= 0.6 is 0 Å². The maximum Gasteiger partial charge on any atom is 0.315 e. The van der Waals surface area contributed by atoms with E-state index in [-0.39, 0.29) is 18.4 Å². The Labute approximate surface area is 107 Å². The van der Waals surface area contributed by atoms with E-state index in [1.165, 1.54) is 0 Å². The minimum absolute atomic E-state index is 0.0867. The minimum atomic E-state index is -1.11. The van der Waals surface area contributed by atoms with Crippen molar-refractivity contribution in [3.63, 3.8) is 0 Å². The van der Waals surface area contributed by atoms with Crippen LogP contribution in [-0.4, -0.2) is 23.5 Å². The zero-order valence-corrected chi connectivity index (χ0v) is 10.9. The van der Waals surface area contributed by atoms with Crippen LogP contribution in [0, 0.1) is 5.92 Å². The number of rotatable bonds is 5. The summed E-state index contributed by atoms with van der Waals surface area (Å²) in [4.78, 5) is 23.0. The molecule has 1 aromatic carbocycles. The summed E-state index contributed by atoms with van der Waals surface area (Å²) >= 11 is 0. The SMILES string of the molecule is CC(C)C(=O)NCC(C)(C(=O)O)c1ccccc1. The van der Waals surface area contributed by atoms with Crippen LogP contribution in [0.3, 0.4) is 0 Å². The van der Waals surface area contributed by atoms with Gasteiger partial charge in [-0.05, 0) is 12.5 Å². The number of carbonyl (C=O) groups is 2. The highest BCUT2D eigenvalue weighted by molar-refractivity contribution is 5.83. The standard InChI is InChI=1S/C14H19NO3/c1-10(2)12(16)15-9-14(3,13(17)18)11-7-5-4-6-8-11/h4-8,10H,9H2,1-3H3,(H,15,16)(H,17,18). The summed E-state index contributed by atoms with van der Waals surface area (Å²) in [6, 6.07) is 8.94. The largest absolute Gasteiger partial charge is 0.481 e. The molecule has 1 rings (SSSR count). The first-order valence-corrected chi connectivity index (χ1v) is 5.94. The van der Waals surface area contributed by atoms with Gasteiger partial charge < -0.3 is 10.4 Å². The molecule has 1 amide bonds. The highest BCUT2D eigenvalue weighted by Crippen LogP contribution is 2.23. The van der Waals surface area contributed by atoms with Gasteiger partial charge in [-0.1, -0.05) is 44.2 Å². The Morgan fingerprint density at radius 2 is 1.83 bits per heavy atom. The molecule has 0 bridgehead atoms. The third-order valence-corrected chi connectivity index (χ3v) is 3.02. The molecule has 1 aromatic rings. The first kappa shape index (κ1) is 14.2. The smallest absolute Gasteiger partial charge is 0.315 e. The summed E-state index contributed by atoms with van der Waals surface area (Å²) in [5.41, 5.74) is -0.423. The van der Waals surface area contributed by atoms with Gasteiger partial charge in [0.1, 0.15) is 5.41 Å². The molecule has 0 aliphatic heterocycles. The number of hydrogen-bond acceptors (Lipinski definition) is 2. The Hall–Kier alpha value is -1.84. The van der Waals surface area contributed by atoms with Crippen LogP contribution in [0.25, 0.3) is 0 Å². The van der Waals surface area contributed by atoms with Crippen molar-refractivity contribution in [3.05, 3.63) is 35.9 Å². The monoisotopic (exact) mass is 249 g/mol. The van der Waals surface area contributed by atoms with Gasteiger partial charge in [0.2, 0.25) is 5.91 Å². The summed E-state index contributed by atoms with van der Waals surface area (Å²) in [7, 11) is 0. The Morgan fingerprint density at radius 1 is 1.28 bits per heavy atom. The fraction of sp³-hybridized carbons (Fsp3) is 0.429. The first-order chi connectivity index (χ1) is 8.38. The summed E-state index contributed by atoms with van der Waals surface area (Å²) in [5, 5.41) is 12.1. The minimum Gasteiger partial charge on any atom is -0.481 e. The lowest BCUT2D eigenvalue weighted by Gasteiger charge is -2.26. The van der Waals surface area contributed by atoms with Gasteiger partial charge in [-0.15, -0.1) is 0 Å². The van der Waals surface area contributed by atoms with E-state index in [9.17, 15) is 14.7 Å². The second-order valence-corrected chi connectivity index (χ2v) is 4.88. The quantitative estimate of drug-likeness (QED) is 0.836. The summed E-state index contributed by atoms with van der Waals surface area (Å²) in [6.45, 7) is 5.25. The van der Waals surface area contributed by atoms with Crippen LogP contribution < -0.4 is 5.32 Å². The molecule has 1 atom stereocenters. The van der Waals surface area contributed by atoms with E-state index in [0.29, 0.717) is 5.56 Å². The molecule has 0 saturated carbocycles. The number of carboxylic acid groups (broad SMARTS) is 1. The van der Waals surface area contributed by atoms with E-state index in [1.807, 2.05) is 6.07 Å². The van der Waals surface area contributed by atoms with Gasteiger partial charge in [0.15, 0.2) is 0 Å². The fourth-order valence-corrected chi connectivity index (χ4v) is 1.58. The van der Waals surface area contributed by atoms with Gasteiger partial charge in [-0.25, -0.2) is 0 Å². The Kier molecular flexibility index (Phi) is 4.48. The molecule has 4 nitrogen and oxygen atoms in total. The van der Waals surface area contributed by atoms with Crippen molar-refractivity contribution >= 4 is 11.9 Å². The second kappa shape index (κ2) is 5.67. The fourth-order valence-electron chi connectivity index (χ4n) is 1.58. The Bertz CT molecular complexity index is 428. The lowest BCUT2D eigenvalue weighted by Crippen LogP contribution is -2.45. The number of carbonyl (C=O) groups excluding carboxylic acids is 1. The van der Waals surface area contributed by atoms with Crippen molar-refractivity contribution in [2.24, 2.45) is 5.92 Å². The maximum absolute atomic E-state index is 11.5. The lowest BCUT2D eigenvalue weighted by atomic mass is 9.82. The van der Waals surface area contributed by atoms with Crippen LogP contribution in [0.4, 0.5) is 0 Å². The van der Waals surface area contributed by atoms with Crippen LogP contribution in [0.1, 0.15) is 26.3 Å². The zero-order valence-electron chi connectivity index (χ0n) is 10.9. The van der Waals surface area contributed by atoms with Gasteiger partial charge in [-0.3, -0.25) is 9.59 Å². The van der Waals surface area contributed by atoms with Crippen molar-refractivity contribution in [2.75, 3.05) is 6.54 Å². The second-order valence-electron chi connectivity index (χ2n) is 4.88. The van der Waals surface area contributed by atoms with Crippen LogP contribution in [0.15, 0.2) is 30.3 Å². The van der Waals surface area contributed by atoms with E-state index in [0.717, 1.165) is 0 Å². The highest BCUT2D eigenvalue weighted by atomic mass is 16.4. The molecule has 98 valence electrons. The van der Waals surface area contributed by atoms with Crippen molar-refractivity contribution in [2.45, 2.75) is 26.2 Å². The number of carboxylic acids is 1. The zero-order chi connectivity index (χ0) is 13.8. The van der Waals surface area contributed by atoms with Crippen LogP contribution in [0.2, 0.25) is 0 Å². The summed E-state index contributed by atoms with van der Waals surface area (Å²) in [5.74, 6) is -1.24. The van der Waals surface area contributed by atoms with Gasteiger partial charge in [0.05, 0.1) is 0 Å². The van der Waals surface area contributed by atoms with Crippen molar-refractivity contribution < 1.29 is 14.7 Å². The molecule has 0 aliphatic rings. The predicted molar refractivity (Wildman–Crippen MR) is 69.3 cm³/mol. The Morgan fingerprint density at radius 3 is 2.28 bits per heavy atom. The molecular formula is C14H19NO3. The molecule has 4 heteroatoms. The first-order valence-electron chi connectivity index (χ1n) is 5.94. The van der Waals surface area contributed by atoms with Crippen LogP contribution in [-0.2, 0) is 15.0 Å². The van der Waals surface area contributed by atoms with Gasteiger partial charge in [-0.2, -0.15) is 0 Å². The molecule has 0 aliphatic carbocycles. The van der Waals surface area contributed by atoms with Gasteiger partial charge in [0.25, 0.3) is 0 Å². The van der Waals surface area contributed by atoms with E-state index in [2.05, 4.69) is 5.32 Å². The topological polar surface area (TPSA) is 66.4 Å². The predicted octanol–water partition coefficient (Wildman–Crippen LogP) is 1.80. The normalized spacial score (nSPS) is 14.0. The molecule has 0 radical (unpaired) electrons. The van der Waals surface area contributed by atoms with Crippen molar-refractivity contribution in [1.82, 2.24) is 5.32 Å². The van der Waals surface area contributed by atoms with Crippen LogP contribution in [0.5, 0.6) is 0 Å². The molecule has 0 saturated heterocycles. The molecule has 18 heavy (non-hydrogen) atoms. The van der Waals surface area contributed by atoms with Gasteiger partial charge in [0, 0.05) is 12.5 Å². The third kappa shape index (κ3) is 3.09. The van der Waals surface area contributed by atoms with Crippen molar-refractivity contribution in [3.8, 4) is 0 Å². The highest BCUT2D eigenvalue weighted by Gasteiger charge is 2.35. The molecule has 0 aromatic heterocycles. The number of benzene rings is 1. The molecule has 0 heterocycles. The maximum atomic E-state index is 11.5. The van der Waals surface area contributed by atoms with Crippen molar-refractivity contribution in [1.29, 1.82) is 0 Å². The average Bonchev–Trinajstić information content (AvgIpc) is 2.36. The van der Waals surface area contributed by atoms with E-state index in [4.69, 9.17) is 0 Å². The van der Waals surface area contributed by atoms with Gasteiger partial charge >= 0.3 is 5.97 Å². The van der Waals surface area contributed by atoms with E-state index >= 15 is 0 Å². The summed E-state index contributed by atoms with van der Waals surface area (Å²) in [6.07, 6.45) is 0. The third-order valence-electron chi connectivity index (χ3n) is 3.02.